The molecule has 4 heteroatoms. The van der Waals surface area contributed by atoms with Crippen LogP contribution in [0.3, 0.4) is 0 Å². The Labute approximate surface area is 86.4 Å². The highest BCUT2D eigenvalue weighted by molar-refractivity contribution is 5.55. The van der Waals surface area contributed by atoms with Crippen LogP contribution in [0, 0.1) is 18.1 Å². The maximum Gasteiger partial charge on any atom is 0.325 e. The average molecular weight is 204 g/mol. The summed E-state index contributed by atoms with van der Waals surface area (Å²) in [5.74, 6) is -0.535. The van der Waals surface area contributed by atoms with Gasteiger partial charge in [0.05, 0.1) is 6.07 Å². The molecule has 0 saturated heterocycles. The van der Waals surface area contributed by atoms with Gasteiger partial charge in [0, 0.05) is 12.5 Å². The van der Waals surface area contributed by atoms with E-state index >= 15 is 0 Å². The highest BCUT2D eigenvalue weighted by Gasteiger charge is 2.13. The van der Waals surface area contributed by atoms with E-state index in [0.29, 0.717) is 10.3 Å². The van der Waals surface area contributed by atoms with Gasteiger partial charge in [0.1, 0.15) is 5.69 Å². The van der Waals surface area contributed by atoms with Gasteiger partial charge in [-0.3, -0.25) is 0 Å². The molecule has 0 bridgehead atoms. The summed E-state index contributed by atoms with van der Waals surface area (Å²) in [4.78, 5) is 3.44. The zero-order chi connectivity index (χ0) is 10.8. The Bertz CT molecular complexity index is 485. The monoisotopic (exact) mass is 204 g/mol. The Kier molecular flexibility index (Phi) is 2.33. The van der Waals surface area contributed by atoms with E-state index in [2.05, 4.69) is 4.98 Å². The van der Waals surface area contributed by atoms with Gasteiger partial charge in [-0.25, -0.2) is 4.73 Å². The number of hydrogen-bond acceptors (Lipinski definition) is 2. The molecule has 0 aliphatic heterocycles. The molecule has 1 aromatic carbocycles. The molecule has 0 aliphatic rings. The van der Waals surface area contributed by atoms with Crippen LogP contribution < -0.4 is 4.73 Å². The van der Waals surface area contributed by atoms with Crippen LogP contribution >= 0.6 is 0 Å². The minimum atomic E-state index is -0.640. The Morgan fingerprint density at radius 3 is 2.60 bits per heavy atom. The largest absolute Gasteiger partial charge is 0.710 e. The molecule has 76 valence electrons. The molecular weight excluding hydrogens is 195 g/mol. The summed E-state index contributed by atoms with van der Waals surface area (Å²) in [6.45, 7) is 1.47. The minimum absolute atomic E-state index is 0.105. The first-order chi connectivity index (χ1) is 7.18. The first kappa shape index (κ1) is 9.58. The predicted molar refractivity (Wildman–Crippen MR) is 53.3 cm³/mol. The Hall–Kier alpha value is -1.97. The third-order valence-electron chi connectivity index (χ3n) is 2.11. The first-order valence-electron chi connectivity index (χ1n) is 4.50. The summed E-state index contributed by atoms with van der Waals surface area (Å²) < 4.78 is 13.7. The molecule has 15 heavy (non-hydrogen) atoms. The molecule has 0 N–H and O–H groups in total. The second-order valence-electron chi connectivity index (χ2n) is 3.17. The molecule has 1 heterocycles. The van der Waals surface area contributed by atoms with Crippen molar-refractivity contribution in [2.24, 2.45) is 0 Å². The Balaban J connectivity index is 2.63. The van der Waals surface area contributed by atoms with Gasteiger partial charge in [-0.05, 0) is 4.98 Å². The van der Waals surface area contributed by atoms with Crippen molar-refractivity contribution in [1.82, 2.24) is 4.98 Å². The first-order valence-corrected chi connectivity index (χ1v) is 4.50. The highest BCUT2D eigenvalue weighted by Crippen LogP contribution is 2.14. The Morgan fingerprint density at radius 1 is 1.27 bits per heavy atom. The fraction of sp³-hybridized carbons (Fsp3) is 0.0909. The fourth-order valence-corrected chi connectivity index (χ4v) is 1.39. The van der Waals surface area contributed by atoms with E-state index in [0.717, 1.165) is 6.07 Å². The third-order valence-corrected chi connectivity index (χ3v) is 2.11. The highest BCUT2D eigenvalue weighted by atomic mass is 19.1. The van der Waals surface area contributed by atoms with Gasteiger partial charge in [-0.2, -0.15) is 4.39 Å². The van der Waals surface area contributed by atoms with Gasteiger partial charge >= 0.3 is 11.8 Å². The number of aryl methyl sites for hydroxylation is 1. The van der Waals surface area contributed by atoms with Crippen molar-refractivity contribution in [2.45, 2.75) is 6.92 Å². The maximum atomic E-state index is 13.0. The van der Waals surface area contributed by atoms with E-state index in [1.54, 1.807) is 24.3 Å². The van der Waals surface area contributed by atoms with Gasteiger partial charge in [-0.1, -0.05) is 30.3 Å². The number of nitrogens with zero attached hydrogens (tertiary/aromatic N) is 2. The van der Waals surface area contributed by atoms with E-state index in [9.17, 15) is 9.60 Å². The second kappa shape index (κ2) is 3.65. The molecular formula is C11H9FN2O. The van der Waals surface area contributed by atoms with Gasteiger partial charge < -0.3 is 5.21 Å². The van der Waals surface area contributed by atoms with Crippen molar-refractivity contribution in [1.29, 1.82) is 0 Å². The number of benzene rings is 1. The standard InChI is InChI=1S/C11H9FN2O/c1-8-13-11(12)7-10(14(8)15)9-5-3-2-4-6-9/h2-7H,1H3. The normalized spacial score (nSPS) is 10.3. The molecule has 1 aromatic heterocycles. The maximum absolute atomic E-state index is 13.0. The molecule has 0 atom stereocenters. The van der Waals surface area contributed by atoms with Crippen molar-refractivity contribution >= 4 is 0 Å². The Morgan fingerprint density at radius 2 is 1.93 bits per heavy atom. The molecule has 0 spiro atoms. The van der Waals surface area contributed by atoms with Crippen LogP contribution in [0.15, 0.2) is 36.4 Å². The van der Waals surface area contributed by atoms with E-state index in [-0.39, 0.29) is 11.5 Å². The lowest BCUT2D eigenvalue weighted by Crippen LogP contribution is -2.34. The summed E-state index contributed by atoms with van der Waals surface area (Å²) in [5.41, 5.74) is 0.956. The summed E-state index contributed by atoms with van der Waals surface area (Å²) >= 11 is 0. The molecule has 3 nitrogen and oxygen atoms in total. The van der Waals surface area contributed by atoms with Crippen molar-refractivity contribution in [3.63, 3.8) is 0 Å². The van der Waals surface area contributed by atoms with Gasteiger partial charge in [0.15, 0.2) is 0 Å². The second-order valence-corrected chi connectivity index (χ2v) is 3.17. The summed E-state index contributed by atoms with van der Waals surface area (Å²) in [5, 5.41) is 11.6. The van der Waals surface area contributed by atoms with Crippen molar-refractivity contribution in [2.75, 3.05) is 0 Å². The molecule has 0 unspecified atom stereocenters. The van der Waals surface area contributed by atoms with Crippen LogP contribution in [0.1, 0.15) is 5.82 Å². The van der Waals surface area contributed by atoms with E-state index in [1.165, 1.54) is 6.92 Å². The molecule has 0 saturated carbocycles. The SMILES string of the molecule is Cc1nc(F)cc(-c2ccccc2)[n+]1[O-]. The van der Waals surface area contributed by atoms with Crippen LogP contribution in [0.4, 0.5) is 4.39 Å². The topological polar surface area (TPSA) is 39.8 Å². The lowest BCUT2D eigenvalue weighted by Gasteiger charge is -2.09. The van der Waals surface area contributed by atoms with Crippen molar-refractivity contribution in [3.8, 4) is 11.3 Å². The number of hydrogen-bond donors (Lipinski definition) is 0. The average Bonchev–Trinajstić information content (AvgIpc) is 2.24. The minimum Gasteiger partial charge on any atom is -0.710 e. The molecule has 0 fully saturated rings. The molecule has 0 amide bonds. The zero-order valence-corrected chi connectivity index (χ0v) is 8.14. The number of aromatic nitrogens is 2. The quantitative estimate of drug-likeness (QED) is 0.404. The van der Waals surface area contributed by atoms with E-state index < -0.39 is 5.95 Å². The lowest BCUT2D eigenvalue weighted by atomic mass is 10.1. The molecule has 2 rings (SSSR count). The number of halogens is 1. The summed E-state index contributed by atoms with van der Waals surface area (Å²) in [7, 11) is 0. The van der Waals surface area contributed by atoms with Crippen molar-refractivity contribution < 1.29 is 9.12 Å². The van der Waals surface area contributed by atoms with E-state index in [1.807, 2.05) is 6.07 Å². The van der Waals surface area contributed by atoms with Crippen LogP contribution in [-0.4, -0.2) is 4.98 Å². The van der Waals surface area contributed by atoms with Crippen molar-refractivity contribution in [3.05, 3.63) is 53.4 Å². The fourth-order valence-electron chi connectivity index (χ4n) is 1.39. The summed E-state index contributed by atoms with van der Waals surface area (Å²) in [6, 6.07) is 10.1. The zero-order valence-electron chi connectivity index (χ0n) is 8.14. The lowest BCUT2D eigenvalue weighted by molar-refractivity contribution is -0.604. The van der Waals surface area contributed by atoms with Crippen LogP contribution in [0.25, 0.3) is 11.3 Å². The molecule has 0 radical (unpaired) electrons. The predicted octanol–water partition coefficient (Wildman–Crippen LogP) is 1.83. The van der Waals surface area contributed by atoms with Crippen LogP contribution in [0.2, 0.25) is 0 Å². The van der Waals surface area contributed by atoms with E-state index in [4.69, 9.17) is 0 Å². The summed E-state index contributed by atoms with van der Waals surface area (Å²) in [6.07, 6.45) is 0. The van der Waals surface area contributed by atoms with Gasteiger partial charge in [-0.15, -0.1) is 0 Å². The van der Waals surface area contributed by atoms with Gasteiger partial charge in [0.2, 0.25) is 0 Å². The number of rotatable bonds is 1. The van der Waals surface area contributed by atoms with Crippen LogP contribution in [0.5, 0.6) is 0 Å². The molecule has 2 aromatic rings. The molecule has 0 aliphatic carbocycles. The van der Waals surface area contributed by atoms with Crippen LogP contribution in [-0.2, 0) is 0 Å². The smallest absolute Gasteiger partial charge is 0.325 e. The van der Waals surface area contributed by atoms with Gasteiger partial charge in [0.25, 0.3) is 0 Å². The third kappa shape index (κ3) is 1.79.